The Bertz CT molecular complexity index is 538. The van der Waals surface area contributed by atoms with Crippen molar-refractivity contribution in [2.45, 2.75) is 25.8 Å². The standard InChI is InChI=1S/C14H15BrFNS/c1-2-9-5-6-18-14(9)13(17)7-10-3-4-11(15)8-12(10)16/h3-6,8,13H,2,7,17H2,1H3. The molecule has 2 rings (SSSR count). The third-order valence-corrected chi connectivity index (χ3v) is 4.54. The second kappa shape index (κ2) is 5.95. The molecule has 0 saturated heterocycles. The molecule has 1 unspecified atom stereocenters. The SMILES string of the molecule is CCc1ccsc1C(N)Cc1ccc(Br)cc1F. The molecule has 0 aliphatic rings. The molecule has 2 aromatic rings. The summed E-state index contributed by atoms with van der Waals surface area (Å²) in [7, 11) is 0. The van der Waals surface area contributed by atoms with Gasteiger partial charge in [-0.25, -0.2) is 4.39 Å². The van der Waals surface area contributed by atoms with Crippen LogP contribution in [0.5, 0.6) is 0 Å². The number of benzene rings is 1. The van der Waals surface area contributed by atoms with E-state index >= 15 is 0 Å². The first kappa shape index (κ1) is 13.7. The molecular weight excluding hydrogens is 313 g/mol. The fourth-order valence-electron chi connectivity index (χ4n) is 1.98. The highest BCUT2D eigenvalue weighted by atomic mass is 79.9. The number of hydrogen-bond donors (Lipinski definition) is 1. The van der Waals surface area contributed by atoms with Crippen molar-refractivity contribution in [1.29, 1.82) is 0 Å². The molecule has 1 aromatic heterocycles. The molecule has 4 heteroatoms. The molecule has 0 spiro atoms. The lowest BCUT2D eigenvalue weighted by atomic mass is 10.0. The number of halogens is 2. The molecular formula is C14H15BrFNS. The molecule has 0 amide bonds. The summed E-state index contributed by atoms with van der Waals surface area (Å²) in [5, 5.41) is 2.05. The van der Waals surface area contributed by atoms with Crippen LogP contribution in [0.2, 0.25) is 0 Å². The molecule has 0 aliphatic carbocycles. The third kappa shape index (κ3) is 2.99. The monoisotopic (exact) mass is 327 g/mol. The van der Waals surface area contributed by atoms with E-state index in [2.05, 4.69) is 28.9 Å². The summed E-state index contributed by atoms with van der Waals surface area (Å²) in [5.74, 6) is -0.200. The number of nitrogens with two attached hydrogens (primary N) is 1. The molecule has 1 heterocycles. The lowest BCUT2D eigenvalue weighted by molar-refractivity contribution is 0.593. The molecule has 0 saturated carbocycles. The van der Waals surface area contributed by atoms with Gasteiger partial charge in [-0.15, -0.1) is 11.3 Å². The maximum absolute atomic E-state index is 13.8. The van der Waals surface area contributed by atoms with Crippen molar-refractivity contribution >= 4 is 27.3 Å². The summed E-state index contributed by atoms with van der Waals surface area (Å²) in [5.41, 5.74) is 8.12. The molecule has 1 atom stereocenters. The number of thiophene rings is 1. The zero-order chi connectivity index (χ0) is 13.1. The molecule has 0 fully saturated rings. The number of rotatable bonds is 4. The Morgan fingerprint density at radius 3 is 2.78 bits per heavy atom. The van der Waals surface area contributed by atoms with Gasteiger partial charge in [-0.05, 0) is 47.5 Å². The van der Waals surface area contributed by atoms with Gasteiger partial charge >= 0.3 is 0 Å². The van der Waals surface area contributed by atoms with Crippen LogP contribution in [0, 0.1) is 5.82 Å². The van der Waals surface area contributed by atoms with Crippen molar-refractivity contribution in [1.82, 2.24) is 0 Å². The van der Waals surface area contributed by atoms with Crippen LogP contribution in [-0.4, -0.2) is 0 Å². The Kier molecular flexibility index (Phi) is 4.54. The molecule has 0 bridgehead atoms. The van der Waals surface area contributed by atoms with Gasteiger partial charge in [-0.1, -0.05) is 28.9 Å². The summed E-state index contributed by atoms with van der Waals surface area (Å²) in [6, 6.07) is 7.09. The minimum atomic E-state index is -0.200. The second-order valence-electron chi connectivity index (χ2n) is 4.21. The quantitative estimate of drug-likeness (QED) is 0.881. The van der Waals surface area contributed by atoms with Crippen LogP contribution in [0.4, 0.5) is 4.39 Å². The topological polar surface area (TPSA) is 26.0 Å². The van der Waals surface area contributed by atoms with Crippen LogP contribution in [0.1, 0.15) is 29.0 Å². The summed E-state index contributed by atoms with van der Waals surface area (Å²) >= 11 is 4.91. The van der Waals surface area contributed by atoms with E-state index in [0.717, 1.165) is 10.9 Å². The van der Waals surface area contributed by atoms with Gasteiger partial charge in [0.05, 0.1) is 0 Å². The number of hydrogen-bond acceptors (Lipinski definition) is 2. The normalized spacial score (nSPS) is 12.7. The second-order valence-corrected chi connectivity index (χ2v) is 6.07. The van der Waals surface area contributed by atoms with Gasteiger partial charge in [-0.2, -0.15) is 0 Å². The Labute approximate surface area is 119 Å². The van der Waals surface area contributed by atoms with Crippen molar-refractivity contribution in [3.8, 4) is 0 Å². The van der Waals surface area contributed by atoms with Gasteiger partial charge in [0.1, 0.15) is 5.82 Å². The molecule has 18 heavy (non-hydrogen) atoms. The Morgan fingerprint density at radius 1 is 1.33 bits per heavy atom. The van der Waals surface area contributed by atoms with Crippen LogP contribution >= 0.6 is 27.3 Å². The maximum Gasteiger partial charge on any atom is 0.127 e. The van der Waals surface area contributed by atoms with E-state index in [9.17, 15) is 4.39 Å². The minimum Gasteiger partial charge on any atom is -0.323 e. The fraction of sp³-hybridized carbons (Fsp3) is 0.286. The Hall–Kier alpha value is -0.710. The van der Waals surface area contributed by atoms with Crippen molar-refractivity contribution in [3.05, 3.63) is 55.9 Å². The predicted molar refractivity (Wildman–Crippen MR) is 78.4 cm³/mol. The molecule has 0 radical (unpaired) electrons. The van der Waals surface area contributed by atoms with Crippen molar-refractivity contribution < 1.29 is 4.39 Å². The zero-order valence-electron chi connectivity index (χ0n) is 10.1. The highest BCUT2D eigenvalue weighted by Gasteiger charge is 2.14. The highest BCUT2D eigenvalue weighted by molar-refractivity contribution is 9.10. The van der Waals surface area contributed by atoms with Gasteiger partial charge in [-0.3, -0.25) is 0 Å². The lowest BCUT2D eigenvalue weighted by Crippen LogP contribution is -2.14. The van der Waals surface area contributed by atoms with Crippen molar-refractivity contribution in [3.63, 3.8) is 0 Å². The van der Waals surface area contributed by atoms with Crippen LogP contribution in [-0.2, 0) is 12.8 Å². The Morgan fingerprint density at radius 2 is 2.11 bits per heavy atom. The highest BCUT2D eigenvalue weighted by Crippen LogP contribution is 2.27. The number of aryl methyl sites for hydroxylation is 1. The van der Waals surface area contributed by atoms with E-state index in [1.807, 2.05) is 11.4 Å². The van der Waals surface area contributed by atoms with Gasteiger partial charge in [0.15, 0.2) is 0 Å². The van der Waals surface area contributed by atoms with Gasteiger partial charge in [0.2, 0.25) is 0 Å². The van der Waals surface area contributed by atoms with Crippen LogP contribution < -0.4 is 5.73 Å². The van der Waals surface area contributed by atoms with E-state index in [0.29, 0.717) is 12.0 Å². The van der Waals surface area contributed by atoms with Crippen LogP contribution in [0.15, 0.2) is 34.1 Å². The molecule has 96 valence electrons. The lowest BCUT2D eigenvalue weighted by Gasteiger charge is -2.13. The van der Waals surface area contributed by atoms with E-state index in [1.165, 1.54) is 16.5 Å². The predicted octanol–water partition coefficient (Wildman–Crippen LogP) is 4.45. The first-order chi connectivity index (χ1) is 8.61. The zero-order valence-corrected chi connectivity index (χ0v) is 12.5. The molecule has 1 aromatic carbocycles. The molecule has 2 N–H and O–H groups in total. The summed E-state index contributed by atoms with van der Waals surface area (Å²) in [4.78, 5) is 1.17. The van der Waals surface area contributed by atoms with E-state index in [-0.39, 0.29) is 11.9 Å². The average Bonchev–Trinajstić information content (AvgIpc) is 2.81. The van der Waals surface area contributed by atoms with E-state index < -0.39 is 0 Å². The van der Waals surface area contributed by atoms with E-state index in [4.69, 9.17) is 5.73 Å². The van der Waals surface area contributed by atoms with E-state index in [1.54, 1.807) is 17.4 Å². The largest absolute Gasteiger partial charge is 0.323 e. The Balaban J connectivity index is 2.18. The van der Waals surface area contributed by atoms with Gasteiger partial charge in [0, 0.05) is 15.4 Å². The maximum atomic E-state index is 13.8. The third-order valence-electron chi connectivity index (χ3n) is 2.95. The van der Waals surface area contributed by atoms with Crippen molar-refractivity contribution in [2.75, 3.05) is 0 Å². The van der Waals surface area contributed by atoms with Crippen molar-refractivity contribution in [2.24, 2.45) is 5.73 Å². The summed E-state index contributed by atoms with van der Waals surface area (Å²) in [6.45, 7) is 2.11. The average molecular weight is 328 g/mol. The minimum absolute atomic E-state index is 0.129. The first-order valence-corrected chi connectivity index (χ1v) is 7.54. The fourth-order valence-corrected chi connectivity index (χ4v) is 3.32. The first-order valence-electron chi connectivity index (χ1n) is 5.87. The van der Waals surface area contributed by atoms with Gasteiger partial charge < -0.3 is 5.73 Å². The molecule has 0 aliphatic heterocycles. The smallest absolute Gasteiger partial charge is 0.127 e. The van der Waals surface area contributed by atoms with Crippen LogP contribution in [0.25, 0.3) is 0 Å². The summed E-state index contributed by atoms with van der Waals surface area (Å²) in [6.07, 6.45) is 1.50. The molecule has 1 nitrogen and oxygen atoms in total. The van der Waals surface area contributed by atoms with Gasteiger partial charge in [0.25, 0.3) is 0 Å². The van der Waals surface area contributed by atoms with Crippen LogP contribution in [0.3, 0.4) is 0 Å². The summed E-state index contributed by atoms with van der Waals surface area (Å²) < 4.78 is 14.5.